The average molecular weight is 261 g/mol. The van der Waals surface area contributed by atoms with Crippen LogP contribution in [-0.4, -0.2) is 36.8 Å². The summed E-state index contributed by atoms with van der Waals surface area (Å²) in [6.45, 7) is 0.862. The van der Waals surface area contributed by atoms with E-state index in [0.29, 0.717) is 24.3 Å². The van der Waals surface area contributed by atoms with E-state index in [-0.39, 0.29) is 18.2 Å². The van der Waals surface area contributed by atoms with Crippen LogP contribution >= 0.6 is 0 Å². The Morgan fingerprint density at radius 2 is 2.16 bits per heavy atom. The van der Waals surface area contributed by atoms with Gasteiger partial charge in [0, 0.05) is 18.5 Å². The van der Waals surface area contributed by atoms with E-state index in [2.05, 4.69) is 0 Å². The molecule has 1 amide bonds. The highest BCUT2D eigenvalue weighted by Crippen LogP contribution is 2.15. The van der Waals surface area contributed by atoms with Crippen LogP contribution in [0.5, 0.6) is 5.75 Å². The Hall–Kier alpha value is -1.84. The van der Waals surface area contributed by atoms with Gasteiger partial charge >= 0.3 is 0 Å². The number of carbonyl (C=O) groups is 2. The van der Waals surface area contributed by atoms with Gasteiger partial charge < -0.3 is 9.64 Å². The van der Waals surface area contributed by atoms with Crippen LogP contribution in [0.25, 0.3) is 0 Å². The van der Waals surface area contributed by atoms with E-state index in [9.17, 15) is 9.59 Å². The maximum atomic E-state index is 12.2. The zero-order valence-electron chi connectivity index (χ0n) is 11.2. The molecule has 102 valence electrons. The monoisotopic (exact) mass is 261 g/mol. The van der Waals surface area contributed by atoms with Crippen LogP contribution in [0.3, 0.4) is 0 Å². The first-order chi connectivity index (χ1) is 9.20. The highest BCUT2D eigenvalue weighted by atomic mass is 16.5. The van der Waals surface area contributed by atoms with Gasteiger partial charge in [0.05, 0.1) is 13.7 Å². The predicted octanol–water partition coefficient (Wildman–Crippen LogP) is 2.28. The lowest BCUT2D eigenvalue weighted by Crippen LogP contribution is -2.35. The molecule has 4 nitrogen and oxygen atoms in total. The molecule has 0 radical (unpaired) electrons. The molecule has 0 unspecified atom stereocenters. The summed E-state index contributed by atoms with van der Waals surface area (Å²) in [6, 6.07) is 7.06. The topological polar surface area (TPSA) is 46.6 Å². The number of carbonyl (C=O) groups excluding carboxylic acids is 2. The number of methoxy groups -OCH3 is 1. The molecule has 4 heteroatoms. The van der Waals surface area contributed by atoms with E-state index in [4.69, 9.17) is 4.74 Å². The van der Waals surface area contributed by atoms with Gasteiger partial charge in [0.15, 0.2) is 5.78 Å². The highest BCUT2D eigenvalue weighted by Gasteiger charge is 2.20. The van der Waals surface area contributed by atoms with Crippen LogP contribution < -0.4 is 4.74 Å². The Kier molecular flexibility index (Phi) is 4.55. The van der Waals surface area contributed by atoms with E-state index < -0.39 is 0 Å². The highest BCUT2D eigenvalue weighted by molar-refractivity contribution is 5.99. The number of hydrogen-bond acceptors (Lipinski definition) is 3. The zero-order chi connectivity index (χ0) is 13.7. The number of Topliss-reactive ketones (excluding diaryl/α,β-unsaturated/α-hetero) is 1. The Morgan fingerprint density at radius 1 is 1.32 bits per heavy atom. The van der Waals surface area contributed by atoms with Gasteiger partial charge in [-0.05, 0) is 25.0 Å². The van der Waals surface area contributed by atoms with Gasteiger partial charge in [-0.2, -0.15) is 0 Å². The third-order valence-electron chi connectivity index (χ3n) is 3.40. The van der Waals surface area contributed by atoms with Crippen molar-refractivity contribution in [2.24, 2.45) is 0 Å². The first kappa shape index (κ1) is 13.6. The van der Waals surface area contributed by atoms with Gasteiger partial charge in [0.1, 0.15) is 5.75 Å². The molecule has 0 aliphatic carbocycles. The molecule has 1 heterocycles. The number of benzene rings is 1. The summed E-state index contributed by atoms with van der Waals surface area (Å²) in [4.78, 5) is 25.7. The molecule has 1 saturated heterocycles. The standard InChI is InChI=1S/C15H19NO3/c1-19-13-7-5-6-12(10-13)14(17)11-16-9-4-2-3-8-15(16)18/h5-7,10H,2-4,8-9,11H2,1H3. The van der Waals surface area contributed by atoms with E-state index in [1.54, 1.807) is 36.3 Å². The number of likely N-dealkylation sites (tertiary alicyclic amines) is 1. The fraction of sp³-hybridized carbons (Fsp3) is 0.467. The molecule has 0 spiro atoms. The molecule has 0 bridgehead atoms. The van der Waals surface area contributed by atoms with Crippen molar-refractivity contribution in [1.82, 2.24) is 4.90 Å². The van der Waals surface area contributed by atoms with Crippen LogP contribution in [0, 0.1) is 0 Å². The average Bonchev–Trinajstić information content (AvgIpc) is 2.64. The number of nitrogens with zero attached hydrogens (tertiary/aromatic N) is 1. The lowest BCUT2D eigenvalue weighted by atomic mass is 10.1. The fourth-order valence-corrected chi connectivity index (χ4v) is 2.27. The summed E-state index contributed by atoms with van der Waals surface area (Å²) in [5, 5.41) is 0. The third kappa shape index (κ3) is 3.56. The number of amides is 1. The summed E-state index contributed by atoms with van der Waals surface area (Å²) in [5.74, 6) is 0.718. The molecular weight excluding hydrogens is 242 g/mol. The molecule has 0 N–H and O–H groups in total. The van der Waals surface area contributed by atoms with Crippen LogP contribution in [-0.2, 0) is 4.79 Å². The van der Waals surface area contributed by atoms with Crippen LogP contribution in [0.1, 0.15) is 36.0 Å². The second-order valence-electron chi connectivity index (χ2n) is 4.78. The largest absolute Gasteiger partial charge is 0.497 e. The van der Waals surface area contributed by atoms with Crippen molar-refractivity contribution in [3.05, 3.63) is 29.8 Å². The summed E-state index contributed by atoms with van der Waals surface area (Å²) in [7, 11) is 1.57. The van der Waals surface area contributed by atoms with Crippen LogP contribution in [0.2, 0.25) is 0 Å². The molecule has 1 aromatic rings. The second-order valence-corrected chi connectivity index (χ2v) is 4.78. The van der Waals surface area contributed by atoms with Gasteiger partial charge in [0.2, 0.25) is 5.91 Å². The molecule has 0 aromatic heterocycles. The molecule has 0 saturated carbocycles. The van der Waals surface area contributed by atoms with Crippen molar-refractivity contribution in [2.45, 2.75) is 25.7 Å². The number of ether oxygens (including phenoxy) is 1. The first-order valence-corrected chi connectivity index (χ1v) is 6.66. The number of ketones is 1. The lowest BCUT2D eigenvalue weighted by Gasteiger charge is -2.19. The van der Waals surface area contributed by atoms with E-state index in [1.165, 1.54) is 0 Å². The molecule has 2 rings (SSSR count). The van der Waals surface area contributed by atoms with Crippen molar-refractivity contribution >= 4 is 11.7 Å². The van der Waals surface area contributed by atoms with Gasteiger partial charge in [-0.1, -0.05) is 18.6 Å². The van der Waals surface area contributed by atoms with Crippen molar-refractivity contribution in [3.63, 3.8) is 0 Å². The van der Waals surface area contributed by atoms with Crippen LogP contribution in [0.4, 0.5) is 0 Å². The predicted molar refractivity (Wildman–Crippen MR) is 72.4 cm³/mol. The molecule has 1 aliphatic heterocycles. The van der Waals surface area contributed by atoms with E-state index in [0.717, 1.165) is 19.3 Å². The van der Waals surface area contributed by atoms with E-state index >= 15 is 0 Å². The molecule has 1 aromatic carbocycles. The van der Waals surface area contributed by atoms with Crippen molar-refractivity contribution in [2.75, 3.05) is 20.2 Å². The maximum Gasteiger partial charge on any atom is 0.222 e. The Balaban J connectivity index is 2.04. The fourth-order valence-electron chi connectivity index (χ4n) is 2.27. The summed E-state index contributed by atoms with van der Waals surface area (Å²) in [6.07, 6.45) is 3.54. The number of hydrogen-bond donors (Lipinski definition) is 0. The quantitative estimate of drug-likeness (QED) is 0.781. The summed E-state index contributed by atoms with van der Waals surface area (Å²) in [5.41, 5.74) is 0.594. The minimum atomic E-state index is -0.0332. The van der Waals surface area contributed by atoms with Crippen LogP contribution in [0.15, 0.2) is 24.3 Å². The molecule has 0 atom stereocenters. The van der Waals surface area contributed by atoms with Gasteiger partial charge in [0.25, 0.3) is 0 Å². The van der Waals surface area contributed by atoms with Gasteiger partial charge in [-0.15, -0.1) is 0 Å². The summed E-state index contributed by atoms with van der Waals surface area (Å²) < 4.78 is 5.10. The minimum absolute atomic E-state index is 0.0332. The first-order valence-electron chi connectivity index (χ1n) is 6.66. The summed E-state index contributed by atoms with van der Waals surface area (Å²) >= 11 is 0. The van der Waals surface area contributed by atoms with Gasteiger partial charge in [-0.25, -0.2) is 0 Å². The molecule has 1 fully saturated rings. The second kappa shape index (κ2) is 6.36. The molecule has 1 aliphatic rings. The van der Waals surface area contributed by atoms with Crippen molar-refractivity contribution in [3.8, 4) is 5.75 Å². The van der Waals surface area contributed by atoms with Crippen molar-refractivity contribution < 1.29 is 14.3 Å². The third-order valence-corrected chi connectivity index (χ3v) is 3.40. The Morgan fingerprint density at radius 3 is 2.95 bits per heavy atom. The zero-order valence-corrected chi connectivity index (χ0v) is 11.2. The van der Waals surface area contributed by atoms with Gasteiger partial charge in [-0.3, -0.25) is 9.59 Å². The normalized spacial score (nSPS) is 16.1. The smallest absolute Gasteiger partial charge is 0.222 e. The number of rotatable bonds is 4. The molecular formula is C15H19NO3. The van der Waals surface area contributed by atoms with E-state index in [1.807, 2.05) is 0 Å². The molecule has 19 heavy (non-hydrogen) atoms. The minimum Gasteiger partial charge on any atom is -0.497 e. The van der Waals surface area contributed by atoms with Crippen molar-refractivity contribution in [1.29, 1.82) is 0 Å². The maximum absolute atomic E-state index is 12.2. The lowest BCUT2D eigenvalue weighted by molar-refractivity contribution is -0.130. The Labute approximate surface area is 113 Å². The Bertz CT molecular complexity index is 470. The SMILES string of the molecule is COc1cccc(C(=O)CN2CCCCCC2=O)c1.